The smallest absolute Gasteiger partial charge is 0.254 e. The van der Waals surface area contributed by atoms with Gasteiger partial charge in [0.25, 0.3) is 11.5 Å². The number of hydrogen-bond donors (Lipinski definition) is 1. The number of nitrogens with zero attached hydrogens (tertiary/aromatic N) is 2. The van der Waals surface area contributed by atoms with Crippen LogP contribution in [0.3, 0.4) is 0 Å². The first-order valence-corrected chi connectivity index (χ1v) is 7.32. The zero-order valence-corrected chi connectivity index (χ0v) is 13.5. The molecule has 0 aromatic carbocycles. The number of amides is 1. The fourth-order valence-corrected chi connectivity index (χ4v) is 2.66. The summed E-state index contributed by atoms with van der Waals surface area (Å²) in [6, 6.07) is 3.45. The number of pyridine rings is 1. The van der Waals surface area contributed by atoms with Crippen LogP contribution in [-0.2, 0) is 7.05 Å². The lowest BCUT2D eigenvalue weighted by Crippen LogP contribution is -2.46. The van der Waals surface area contributed by atoms with Gasteiger partial charge in [-0.3, -0.25) is 9.59 Å². The van der Waals surface area contributed by atoms with Gasteiger partial charge in [-0.15, -0.1) is 12.4 Å². The maximum atomic E-state index is 12.7. The second kappa shape index (κ2) is 8.20. The Morgan fingerprint density at radius 1 is 1.43 bits per heavy atom. The molecule has 118 valence electrons. The van der Waals surface area contributed by atoms with Gasteiger partial charge in [0.05, 0.1) is 0 Å². The van der Waals surface area contributed by atoms with Crippen molar-refractivity contribution in [3.8, 4) is 0 Å². The van der Waals surface area contributed by atoms with Crippen molar-refractivity contribution in [1.29, 1.82) is 0 Å². The Morgan fingerprint density at radius 3 is 2.67 bits per heavy atom. The second-order valence-electron chi connectivity index (χ2n) is 5.34. The van der Waals surface area contributed by atoms with Gasteiger partial charge in [0.15, 0.2) is 0 Å². The monoisotopic (exact) mass is 313 g/mol. The summed E-state index contributed by atoms with van der Waals surface area (Å²) < 4.78 is 1.48. The fourth-order valence-electron chi connectivity index (χ4n) is 2.66. The van der Waals surface area contributed by atoms with Gasteiger partial charge in [-0.25, -0.2) is 0 Å². The molecule has 0 aliphatic carbocycles. The van der Waals surface area contributed by atoms with E-state index in [1.165, 1.54) is 10.6 Å². The van der Waals surface area contributed by atoms with E-state index in [0.717, 1.165) is 38.9 Å². The van der Waals surface area contributed by atoms with E-state index in [4.69, 9.17) is 0 Å². The molecule has 6 heteroatoms. The van der Waals surface area contributed by atoms with Crippen molar-refractivity contribution in [2.45, 2.75) is 32.2 Å². The molecule has 1 aliphatic heterocycles. The molecule has 0 atom stereocenters. The van der Waals surface area contributed by atoms with Crippen LogP contribution in [0.5, 0.6) is 0 Å². The minimum absolute atomic E-state index is 0. The lowest BCUT2D eigenvalue weighted by molar-refractivity contribution is 0.0642. The van der Waals surface area contributed by atoms with Crippen molar-refractivity contribution < 1.29 is 4.79 Å². The summed E-state index contributed by atoms with van der Waals surface area (Å²) in [7, 11) is 1.69. The molecule has 5 nitrogen and oxygen atoms in total. The Kier molecular flexibility index (Phi) is 6.92. The molecule has 0 unspecified atom stereocenters. The first-order chi connectivity index (χ1) is 9.63. The van der Waals surface area contributed by atoms with Gasteiger partial charge in [0.1, 0.15) is 0 Å². The molecule has 21 heavy (non-hydrogen) atoms. The first kappa shape index (κ1) is 17.7. The number of nitrogens with one attached hydrogen (secondary N) is 1. The lowest BCUT2D eigenvalue weighted by Gasteiger charge is -2.34. The highest BCUT2D eigenvalue weighted by Gasteiger charge is 2.25. The van der Waals surface area contributed by atoms with E-state index in [1.807, 2.05) is 4.90 Å². The topological polar surface area (TPSA) is 54.3 Å². The SMILES string of the molecule is CCCN(C(=O)c1ccn(C)c(=O)c1)C1CCNCC1.Cl. The number of rotatable bonds is 4. The van der Waals surface area contributed by atoms with Crippen LogP contribution in [0.25, 0.3) is 0 Å². The van der Waals surface area contributed by atoms with Crippen molar-refractivity contribution >= 4 is 18.3 Å². The predicted molar refractivity (Wildman–Crippen MR) is 86.2 cm³/mol. The molecule has 1 N–H and O–H groups in total. The molecule has 2 rings (SSSR count). The van der Waals surface area contributed by atoms with Crippen molar-refractivity contribution in [3.05, 3.63) is 34.2 Å². The number of carbonyl (C=O) groups excluding carboxylic acids is 1. The Hall–Kier alpha value is -1.33. The predicted octanol–water partition coefficient (Wildman–Crippen LogP) is 1.41. The average Bonchev–Trinajstić information content (AvgIpc) is 2.48. The minimum atomic E-state index is -0.141. The van der Waals surface area contributed by atoms with E-state index in [-0.39, 0.29) is 29.9 Å². The zero-order valence-electron chi connectivity index (χ0n) is 12.7. The molecule has 2 heterocycles. The molecule has 1 aromatic rings. The summed E-state index contributed by atoms with van der Waals surface area (Å²) in [6.45, 7) is 4.73. The molecular weight excluding hydrogens is 290 g/mol. The highest BCUT2D eigenvalue weighted by Crippen LogP contribution is 2.15. The van der Waals surface area contributed by atoms with E-state index >= 15 is 0 Å². The Balaban J connectivity index is 0.00000220. The summed E-state index contributed by atoms with van der Waals surface area (Å²) in [5, 5.41) is 3.32. The fraction of sp³-hybridized carbons (Fsp3) is 0.600. The third kappa shape index (κ3) is 4.32. The van der Waals surface area contributed by atoms with Crippen LogP contribution in [0.4, 0.5) is 0 Å². The molecule has 0 saturated carbocycles. The molecule has 1 amide bonds. The number of aryl methyl sites for hydroxylation is 1. The summed E-state index contributed by atoms with van der Waals surface area (Å²) in [5.41, 5.74) is 0.359. The molecule has 1 saturated heterocycles. The second-order valence-corrected chi connectivity index (χ2v) is 5.34. The summed E-state index contributed by atoms with van der Waals surface area (Å²) >= 11 is 0. The van der Waals surface area contributed by atoms with Crippen molar-refractivity contribution in [2.75, 3.05) is 19.6 Å². The number of piperidine rings is 1. The van der Waals surface area contributed by atoms with Crippen LogP contribution in [0.1, 0.15) is 36.5 Å². The maximum absolute atomic E-state index is 12.7. The highest BCUT2D eigenvalue weighted by atomic mass is 35.5. The van der Waals surface area contributed by atoms with Crippen molar-refractivity contribution in [3.63, 3.8) is 0 Å². The molecular formula is C15H24ClN3O2. The minimum Gasteiger partial charge on any atom is -0.336 e. The third-order valence-corrected chi connectivity index (χ3v) is 3.83. The molecule has 1 fully saturated rings. The largest absolute Gasteiger partial charge is 0.336 e. The van der Waals surface area contributed by atoms with Crippen LogP contribution < -0.4 is 10.9 Å². The van der Waals surface area contributed by atoms with Crippen molar-refractivity contribution in [2.24, 2.45) is 7.05 Å². The zero-order chi connectivity index (χ0) is 14.5. The van der Waals surface area contributed by atoms with E-state index in [1.54, 1.807) is 19.3 Å². The van der Waals surface area contributed by atoms with E-state index in [2.05, 4.69) is 12.2 Å². The van der Waals surface area contributed by atoms with E-state index in [9.17, 15) is 9.59 Å². The van der Waals surface area contributed by atoms with Crippen LogP contribution in [-0.4, -0.2) is 41.1 Å². The number of hydrogen-bond acceptors (Lipinski definition) is 3. The van der Waals surface area contributed by atoms with Gasteiger partial charge >= 0.3 is 0 Å². The van der Waals surface area contributed by atoms with E-state index < -0.39 is 0 Å². The summed E-state index contributed by atoms with van der Waals surface area (Å²) in [4.78, 5) is 26.3. The van der Waals surface area contributed by atoms with Crippen molar-refractivity contribution in [1.82, 2.24) is 14.8 Å². The van der Waals surface area contributed by atoms with Crippen LogP contribution in [0, 0.1) is 0 Å². The Morgan fingerprint density at radius 2 is 2.10 bits per heavy atom. The van der Waals surface area contributed by atoms with Gasteiger partial charge in [-0.1, -0.05) is 6.92 Å². The quantitative estimate of drug-likeness (QED) is 0.914. The van der Waals surface area contributed by atoms with Gasteiger partial charge < -0.3 is 14.8 Å². The summed E-state index contributed by atoms with van der Waals surface area (Å²) in [6.07, 6.45) is 4.55. The maximum Gasteiger partial charge on any atom is 0.254 e. The van der Waals surface area contributed by atoms with Crippen LogP contribution in [0.15, 0.2) is 23.1 Å². The molecule has 1 aromatic heterocycles. The lowest BCUT2D eigenvalue weighted by atomic mass is 10.0. The van der Waals surface area contributed by atoms with E-state index in [0.29, 0.717) is 5.56 Å². The molecule has 0 spiro atoms. The molecule has 0 radical (unpaired) electrons. The first-order valence-electron chi connectivity index (χ1n) is 7.32. The number of carbonyl (C=O) groups is 1. The van der Waals surface area contributed by atoms with Gasteiger partial charge in [0.2, 0.25) is 0 Å². The Labute approximate surface area is 131 Å². The molecule has 1 aliphatic rings. The van der Waals surface area contributed by atoms with Gasteiger partial charge in [-0.05, 0) is 38.4 Å². The number of aromatic nitrogens is 1. The average molecular weight is 314 g/mol. The van der Waals surface area contributed by atoms with Gasteiger partial charge in [-0.2, -0.15) is 0 Å². The van der Waals surface area contributed by atoms with Gasteiger partial charge in [0, 0.05) is 37.5 Å². The standard InChI is InChI=1S/C15H23N3O2.ClH/c1-3-9-18(13-4-7-16-8-5-13)15(20)12-6-10-17(2)14(19)11-12;/h6,10-11,13,16H,3-5,7-9H2,1-2H3;1H. The van der Waals surface area contributed by atoms with Crippen LogP contribution >= 0.6 is 12.4 Å². The normalized spacial score (nSPS) is 15.3. The highest BCUT2D eigenvalue weighted by molar-refractivity contribution is 5.94. The third-order valence-electron chi connectivity index (χ3n) is 3.83. The summed E-state index contributed by atoms with van der Waals surface area (Å²) in [5.74, 6) is -0.0172. The Bertz CT molecular complexity index is 524. The van der Waals surface area contributed by atoms with Crippen LogP contribution in [0.2, 0.25) is 0 Å². The number of halogens is 1. The molecule has 0 bridgehead atoms.